The Kier molecular flexibility index (Phi) is 6.42. The average Bonchev–Trinajstić information content (AvgIpc) is 2.52. The van der Waals surface area contributed by atoms with E-state index in [1.54, 1.807) is 12.3 Å². The first-order chi connectivity index (χ1) is 10.2. The third-order valence-corrected chi connectivity index (χ3v) is 4.19. The van der Waals surface area contributed by atoms with E-state index in [0.29, 0.717) is 17.1 Å². The lowest BCUT2D eigenvalue weighted by molar-refractivity contribution is 0.0868. The van der Waals surface area contributed by atoms with Crippen LogP contribution in [0.3, 0.4) is 0 Å². The molecule has 6 heteroatoms. The molecule has 2 heterocycles. The van der Waals surface area contributed by atoms with Gasteiger partial charge in [0, 0.05) is 31.5 Å². The van der Waals surface area contributed by atoms with Crippen LogP contribution in [0.1, 0.15) is 36.0 Å². The van der Waals surface area contributed by atoms with E-state index in [0.717, 1.165) is 25.9 Å². The number of hydrogen-bond acceptors (Lipinski definition) is 4. The van der Waals surface area contributed by atoms with Crippen molar-refractivity contribution in [1.29, 1.82) is 0 Å². The number of rotatable bonds is 6. The average molecular weight is 312 g/mol. The van der Waals surface area contributed by atoms with E-state index >= 15 is 0 Å². The number of nitrogens with zero attached hydrogens (tertiary/aromatic N) is 2. The molecule has 1 atom stereocenters. The zero-order valence-electron chi connectivity index (χ0n) is 12.1. The van der Waals surface area contributed by atoms with Crippen molar-refractivity contribution in [3.8, 4) is 0 Å². The third-order valence-electron chi connectivity index (χ3n) is 3.88. The molecule has 1 aliphatic rings. The molecule has 1 aliphatic heterocycles. The second-order valence-corrected chi connectivity index (χ2v) is 5.74. The van der Waals surface area contributed by atoms with Crippen LogP contribution in [0.4, 0.5) is 0 Å². The Morgan fingerprint density at radius 2 is 2.38 bits per heavy atom. The Morgan fingerprint density at radius 3 is 3.14 bits per heavy atom. The summed E-state index contributed by atoms with van der Waals surface area (Å²) in [4.78, 5) is 18.1. The van der Waals surface area contributed by atoms with Crippen molar-refractivity contribution >= 4 is 17.5 Å². The number of carbonyl (C=O) groups excluding carboxylic acids is 1. The molecule has 2 N–H and O–H groups in total. The van der Waals surface area contributed by atoms with Crippen LogP contribution in [0.5, 0.6) is 0 Å². The van der Waals surface area contributed by atoms with Gasteiger partial charge in [0.25, 0.3) is 5.91 Å². The molecule has 0 bridgehead atoms. The van der Waals surface area contributed by atoms with Crippen LogP contribution in [0, 0.1) is 0 Å². The fourth-order valence-electron chi connectivity index (χ4n) is 2.70. The first kappa shape index (κ1) is 16.2. The standard InChI is InChI=1S/C15H22ClN3O2/c16-14-10-17-7-5-13(14)15(21)18-6-3-9-19-8-2-1-4-12(19)11-20/h5,7,10,12,20H,1-4,6,8-9,11H2,(H,18,21)/t12-/m1/s1. The van der Waals surface area contributed by atoms with Crippen LogP contribution in [0.2, 0.25) is 5.02 Å². The minimum atomic E-state index is -0.167. The Balaban J connectivity index is 1.72. The predicted molar refractivity (Wildman–Crippen MR) is 82.5 cm³/mol. The van der Waals surface area contributed by atoms with Crippen LogP contribution in [0.25, 0.3) is 0 Å². The summed E-state index contributed by atoms with van der Waals surface area (Å²) in [6, 6.07) is 1.90. The number of aromatic nitrogens is 1. The minimum Gasteiger partial charge on any atom is -0.395 e. The summed E-state index contributed by atoms with van der Waals surface area (Å²) in [5, 5.41) is 12.6. The number of hydrogen-bond donors (Lipinski definition) is 2. The summed E-state index contributed by atoms with van der Waals surface area (Å²) in [5.41, 5.74) is 0.456. The molecule has 1 saturated heterocycles. The lowest BCUT2D eigenvalue weighted by atomic mass is 10.0. The minimum absolute atomic E-state index is 0.167. The van der Waals surface area contributed by atoms with Gasteiger partial charge in [-0.2, -0.15) is 0 Å². The van der Waals surface area contributed by atoms with Gasteiger partial charge < -0.3 is 10.4 Å². The quantitative estimate of drug-likeness (QED) is 0.785. The monoisotopic (exact) mass is 311 g/mol. The van der Waals surface area contributed by atoms with Crippen molar-refractivity contribution < 1.29 is 9.90 Å². The molecule has 1 fully saturated rings. The molecule has 1 amide bonds. The summed E-state index contributed by atoms with van der Waals surface area (Å²) >= 11 is 5.93. The van der Waals surface area contributed by atoms with E-state index in [-0.39, 0.29) is 18.6 Å². The van der Waals surface area contributed by atoms with E-state index < -0.39 is 0 Å². The van der Waals surface area contributed by atoms with Gasteiger partial charge in [-0.1, -0.05) is 18.0 Å². The van der Waals surface area contributed by atoms with Gasteiger partial charge >= 0.3 is 0 Å². The van der Waals surface area contributed by atoms with Crippen LogP contribution in [-0.4, -0.2) is 53.2 Å². The molecule has 0 spiro atoms. The highest BCUT2D eigenvalue weighted by Crippen LogP contribution is 2.16. The number of nitrogens with one attached hydrogen (secondary N) is 1. The van der Waals surface area contributed by atoms with E-state index in [2.05, 4.69) is 15.2 Å². The van der Waals surface area contributed by atoms with Crippen LogP contribution in [-0.2, 0) is 0 Å². The number of piperidine rings is 1. The predicted octanol–water partition coefficient (Wildman–Crippen LogP) is 1.70. The molecule has 0 radical (unpaired) electrons. The van der Waals surface area contributed by atoms with Crippen molar-refractivity contribution in [2.75, 3.05) is 26.2 Å². The van der Waals surface area contributed by atoms with Crippen molar-refractivity contribution in [2.45, 2.75) is 31.7 Å². The summed E-state index contributed by atoms with van der Waals surface area (Å²) in [6.45, 7) is 2.76. The van der Waals surface area contributed by atoms with Crippen molar-refractivity contribution in [3.63, 3.8) is 0 Å². The number of likely N-dealkylation sites (tertiary alicyclic amines) is 1. The molecule has 2 rings (SSSR count). The third kappa shape index (κ3) is 4.66. The molecule has 0 unspecified atom stereocenters. The summed E-state index contributed by atoms with van der Waals surface area (Å²) in [6.07, 6.45) is 7.34. The molecule has 21 heavy (non-hydrogen) atoms. The number of aliphatic hydroxyl groups excluding tert-OH is 1. The molecule has 116 valence electrons. The zero-order chi connectivity index (χ0) is 15.1. The number of carbonyl (C=O) groups is 1. The number of halogens is 1. The van der Waals surface area contributed by atoms with E-state index in [1.807, 2.05) is 0 Å². The number of amides is 1. The van der Waals surface area contributed by atoms with Crippen LogP contribution in [0.15, 0.2) is 18.5 Å². The van der Waals surface area contributed by atoms with Gasteiger partial charge in [-0.05, 0) is 31.9 Å². The van der Waals surface area contributed by atoms with E-state index in [1.165, 1.54) is 19.0 Å². The summed E-state index contributed by atoms with van der Waals surface area (Å²) in [7, 11) is 0. The normalized spacial score (nSPS) is 19.4. The highest BCUT2D eigenvalue weighted by atomic mass is 35.5. The Labute approximate surface area is 130 Å². The molecule has 0 saturated carbocycles. The highest BCUT2D eigenvalue weighted by molar-refractivity contribution is 6.33. The lowest BCUT2D eigenvalue weighted by Gasteiger charge is -2.34. The Bertz CT molecular complexity index is 470. The van der Waals surface area contributed by atoms with Gasteiger partial charge in [0.1, 0.15) is 0 Å². The van der Waals surface area contributed by atoms with E-state index in [9.17, 15) is 9.90 Å². The topological polar surface area (TPSA) is 65.5 Å². The van der Waals surface area contributed by atoms with Crippen LogP contribution < -0.4 is 5.32 Å². The number of pyridine rings is 1. The van der Waals surface area contributed by atoms with Crippen molar-refractivity contribution in [2.24, 2.45) is 0 Å². The van der Waals surface area contributed by atoms with Gasteiger partial charge in [0.05, 0.1) is 17.2 Å². The smallest absolute Gasteiger partial charge is 0.252 e. The molecular formula is C15H22ClN3O2. The fourth-order valence-corrected chi connectivity index (χ4v) is 2.90. The van der Waals surface area contributed by atoms with Gasteiger partial charge in [-0.3, -0.25) is 14.7 Å². The largest absolute Gasteiger partial charge is 0.395 e. The van der Waals surface area contributed by atoms with Gasteiger partial charge in [-0.15, -0.1) is 0 Å². The van der Waals surface area contributed by atoms with Crippen LogP contribution >= 0.6 is 11.6 Å². The summed E-state index contributed by atoms with van der Waals surface area (Å²) < 4.78 is 0. The molecule has 5 nitrogen and oxygen atoms in total. The van der Waals surface area contributed by atoms with E-state index in [4.69, 9.17) is 11.6 Å². The summed E-state index contributed by atoms with van der Waals surface area (Å²) in [5.74, 6) is -0.167. The molecule has 1 aromatic rings. The Hall–Kier alpha value is -1.17. The highest BCUT2D eigenvalue weighted by Gasteiger charge is 2.20. The first-order valence-corrected chi connectivity index (χ1v) is 7.83. The SMILES string of the molecule is O=C(NCCCN1CCCC[C@@H]1CO)c1ccncc1Cl. The fraction of sp³-hybridized carbons (Fsp3) is 0.600. The molecule has 1 aromatic heterocycles. The van der Waals surface area contributed by atoms with Gasteiger partial charge in [0.15, 0.2) is 0 Å². The second-order valence-electron chi connectivity index (χ2n) is 5.33. The van der Waals surface area contributed by atoms with Gasteiger partial charge in [-0.25, -0.2) is 0 Å². The van der Waals surface area contributed by atoms with Gasteiger partial charge in [0.2, 0.25) is 0 Å². The maximum Gasteiger partial charge on any atom is 0.252 e. The zero-order valence-corrected chi connectivity index (χ0v) is 12.9. The Morgan fingerprint density at radius 1 is 1.52 bits per heavy atom. The lowest BCUT2D eigenvalue weighted by Crippen LogP contribution is -2.43. The number of aliphatic hydroxyl groups is 1. The van der Waals surface area contributed by atoms with Crippen molar-refractivity contribution in [1.82, 2.24) is 15.2 Å². The molecule has 0 aromatic carbocycles. The molecule has 0 aliphatic carbocycles. The second kappa shape index (κ2) is 8.32. The molecular weight excluding hydrogens is 290 g/mol. The maximum atomic E-state index is 12.0. The first-order valence-electron chi connectivity index (χ1n) is 7.45. The maximum absolute atomic E-state index is 12.0. The van der Waals surface area contributed by atoms with Crippen molar-refractivity contribution in [3.05, 3.63) is 29.0 Å².